The van der Waals surface area contributed by atoms with Crippen LogP contribution in [-0.2, 0) is 6.54 Å². The predicted octanol–water partition coefficient (Wildman–Crippen LogP) is 3.21. The van der Waals surface area contributed by atoms with E-state index in [9.17, 15) is 0 Å². The molecule has 88 valence electrons. The Balaban J connectivity index is 2.44. The van der Waals surface area contributed by atoms with Crippen LogP contribution in [0.4, 0.5) is 0 Å². The van der Waals surface area contributed by atoms with Crippen molar-refractivity contribution < 1.29 is 4.74 Å². The molecule has 0 atom stereocenters. The van der Waals surface area contributed by atoms with Crippen LogP contribution in [-0.4, -0.2) is 6.61 Å². The minimum absolute atomic E-state index is 0.560. The smallest absolute Gasteiger partial charge is 0.127 e. The van der Waals surface area contributed by atoms with Crippen LogP contribution in [0.2, 0.25) is 0 Å². The Morgan fingerprint density at radius 3 is 2.65 bits per heavy atom. The van der Waals surface area contributed by atoms with E-state index < -0.39 is 0 Å². The molecule has 2 aromatic carbocycles. The molecule has 0 spiro atoms. The molecule has 0 unspecified atom stereocenters. The molecule has 0 saturated heterocycles. The molecule has 0 bridgehead atoms. The van der Waals surface area contributed by atoms with Gasteiger partial charge in [-0.05, 0) is 30.2 Å². The summed E-state index contributed by atoms with van der Waals surface area (Å²) >= 11 is 0. The van der Waals surface area contributed by atoms with Gasteiger partial charge in [0.15, 0.2) is 0 Å². The van der Waals surface area contributed by atoms with Crippen molar-refractivity contribution in [3.8, 4) is 16.9 Å². The first-order valence-corrected chi connectivity index (χ1v) is 5.86. The third-order valence-corrected chi connectivity index (χ3v) is 2.66. The average Bonchev–Trinajstić information content (AvgIpc) is 2.40. The summed E-state index contributed by atoms with van der Waals surface area (Å²) in [5, 5.41) is 0. The van der Waals surface area contributed by atoms with Crippen molar-refractivity contribution in [3.63, 3.8) is 0 Å². The molecule has 2 heteroatoms. The van der Waals surface area contributed by atoms with Crippen molar-refractivity contribution >= 4 is 0 Å². The van der Waals surface area contributed by atoms with E-state index in [4.69, 9.17) is 10.5 Å². The first-order chi connectivity index (χ1) is 8.35. The second-order valence-electron chi connectivity index (χ2n) is 3.83. The Hall–Kier alpha value is -1.80. The summed E-state index contributed by atoms with van der Waals surface area (Å²) in [6, 6.07) is 16.3. The molecule has 2 aromatic rings. The third-order valence-electron chi connectivity index (χ3n) is 2.66. The summed E-state index contributed by atoms with van der Waals surface area (Å²) in [4.78, 5) is 0. The third kappa shape index (κ3) is 2.66. The van der Waals surface area contributed by atoms with E-state index in [0.29, 0.717) is 13.2 Å². The van der Waals surface area contributed by atoms with E-state index in [-0.39, 0.29) is 0 Å². The molecule has 0 aliphatic heterocycles. The lowest BCUT2D eigenvalue weighted by Gasteiger charge is -2.10. The average molecular weight is 227 g/mol. The SMILES string of the molecule is CCOc1ccccc1-c1cccc(CN)c1. The highest BCUT2D eigenvalue weighted by Gasteiger charge is 2.05. The van der Waals surface area contributed by atoms with Gasteiger partial charge in [-0.15, -0.1) is 0 Å². The highest BCUT2D eigenvalue weighted by atomic mass is 16.5. The predicted molar refractivity (Wildman–Crippen MR) is 70.9 cm³/mol. The van der Waals surface area contributed by atoms with Crippen molar-refractivity contribution in [1.29, 1.82) is 0 Å². The van der Waals surface area contributed by atoms with Crippen LogP contribution in [0, 0.1) is 0 Å². The number of hydrogen-bond acceptors (Lipinski definition) is 2. The summed E-state index contributed by atoms with van der Waals surface area (Å²) < 4.78 is 5.63. The summed E-state index contributed by atoms with van der Waals surface area (Å²) in [6.45, 7) is 3.23. The lowest BCUT2D eigenvalue weighted by Crippen LogP contribution is -1.97. The topological polar surface area (TPSA) is 35.2 Å². The lowest BCUT2D eigenvalue weighted by atomic mass is 10.0. The maximum Gasteiger partial charge on any atom is 0.127 e. The van der Waals surface area contributed by atoms with Gasteiger partial charge in [-0.1, -0.05) is 36.4 Å². The Bertz CT molecular complexity index is 494. The fourth-order valence-electron chi connectivity index (χ4n) is 1.85. The molecule has 2 nitrogen and oxygen atoms in total. The zero-order valence-electron chi connectivity index (χ0n) is 10.0. The Morgan fingerprint density at radius 1 is 1.06 bits per heavy atom. The molecule has 0 heterocycles. The van der Waals surface area contributed by atoms with Gasteiger partial charge in [-0.3, -0.25) is 0 Å². The molecule has 0 amide bonds. The van der Waals surface area contributed by atoms with Crippen LogP contribution in [0.15, 0.2) is 48.5 Å². The second-order valence-corrected chi connectivity index (χ2v) is 3.83. The lowest BCUT2D eigenvalue weighted by molar-refractivity contribution is 0.341. The van der Waals surface area contributed by atoms with E-state index in [0.717, 1.165) is 22.4 Å². The Kier molecular flexibility index (Phi) is 3.78. The molecule has 17 heavy (non-hydrogen) atoms. The largest absolute Gasteiger partial charge is 0.493 e. The van der Waals surface area contributed by atoms with E-state index in [1.807, 2.05) is 37.3 Å². The summed E-state index contributed by atoms with van der Waals surface area (Å²) in [5.41, 5.74) is 9.06. The summed E-state index contributed by atoms with van der Waals surface area (Å²) in [5.74, 6) is 0.921. The fourth-order valence-corrected chi connectivity index (χ4v) is 1.85. The van der Waals surface area contributed by atoms with Gasteiger partial charge in [-0.25, -0.2) is 0 Å². The Morgan fingerprint density at radius 2 is 1.88 bits per heavy atom. The maximum absolute atomic E-state index is 5.66. The molecule has 0 radical (unpaired) electrons. The molecular weight excluding hydrogens is 210 g/mol. The molecule has 0 aliphatic carbocycles. The highest BCUT2D eigenvalue weighted by molar-refractivity contribution is 5.70. The molecule has 0 aromatic heterocycles. The number of benzene rings is 2. The molecule has 0 fully saturated rings. The minimum Gasteiger partial charge on any atom is -0.493 e. The van der Waals surface area contributed by atoms with Crippen LogP contribution in [0.25, 0.3) is 11.1 Å². The van der Waals surface area contributed by atoms with Crippen LogP contribution in [0.3, 0.4) is 0 Å². The van der Waals surface area contributed by atoms with E-state index >= 15 is 0 Å². The second kappa shape index (κ2) is 5.51. The van der Waals surface area contributed by atoms with Gasteiger partial charge in [0.05, 0.1) is 6.61 Å². The van der Waals surface area contributed by atoms with Gasteiger partial charge >= 0.3 is 0 Å². The van der Waals surface area contributed by atoms with Crippen LogP contribution < -0.4 is 10.5 Å². The number of nitrogens with two attached hydrogens (primary N) is 1. The number of hydrogen-bond donors (Lipinski definition) is 1. The zero-order chi connectivity index (χ0) is 12.1. The van der Waals surface area contributed by atoms with Gasteiger partial charge in [-0.2, -0.15) is 0 Å². The highest BCUT2D eigenvalue weighted by Crippen LogP contribution is 2.30. The number of ether oxygens (including phenoxy) is 1. The van der Waals surface area contributed by atoms with Crippen molar-refractivity contribution in [2.24, 2.45) is 5.73 Å². The van der Waals surface area contributed by atoms with Crippen molar-refractivity contribution in [2.75, 3.05) is 6.61 Å². The standard InChI is InChI=1S/C15H17NO/c1-2-17-15-9-4-3-8-14(15)13-7-5-6-12(10-13)11-16/h3-10H,2,11,16H2,1H3. The normalized spacial score (nSPS) is 10.2. The van der Waals surface area contributed by atoms with Crippen LogP contribution in [0.5, 0.6) is 5.75 Å². The number of rotatable bonds is 4. The summed E-state index contributed by atoms with van der Waals surface area (Å²) in [6.07, 6.45) is 0. The van der Waals surface area contributed by atoms with Gasteiger partial charge in [0.2, 0.25) is 0 Å². The fraction of sp³-hybridized carbons (Fsp3) is 0.200. The number of para-hydroxylation sites is 1. The molecule has 0 saturated carbocycles. The molecule has 2 rings (SSSR count). The minimum atomic E-state index is 0.560. The first-order valence-electron chi connectivity index (χ1n) is 5.86. The molecule has 0 aliphatic rings. The van der Waals surface area contributed by atoms with Gasteiger partial charge < -0.3 is 10.5 Å². The van der Waals surface area contributed by atoms with Crippen LogP contribution in [0.1, 0.15) is 12.5 Å². The first kappa shape index (κ1) is 11.7. The molecule has 2 N–H and O–H groups in total. The van der Waals surface area contributed by atoms with E-state index in [1.165, 1.54) is 0 Å². The quantitative estimate of drug-likeness (QED) is 0.870. The maximum atomic E-state index is 5.66. The summed E-state index contributed by atoms with van der Waals surface area (Å²) in [7, 11) is 0. The van der Waals surface area contributed by atoms with Gasteiger partial charge in [0.25, 0.3) is 0 Å². The van der Waals surface area contributed by atoms with E-state index in [2.05, 4.69) is 18.2 Å². The van der Waals surface area contributed by atoms with Crippen molar-refractivity contribution in [3.05, 3.63) is 54.1 Å². The van der Waals surface area contributed by atoms with Crippen molar-refractivity contribution in [1.82, 2.24) is 0 Å². The van der Waals surface area contributed by atoms with Crippen molar-refractivity contribution in [2.45, 2.75) is 13.5 Å². The Labute approximate surface area is 102 Å². The van der Waals surface area contributed by atoms with Crippen LogP contribution >= 0.6 is 0 Å². The monoisotopic (exact) mass is 227 g/mol. The molecular formula is C15H17NO. The zero-order valence-corrected chi connectivity index (χ0v) is 10.0. The van der Waals surface area contributed by atoms with Gasteiger partial charge in [0.1, 0.15) is 5.75 Å². The van der Waals surface area contributed by atoms with Gasteiger partial charge in [0, 0.05) is 12.1 Å². The van der Waals surface area contributed by atoms with E-state index in [1.54, 1.807) is 0 Å².